The van der Waals surface area contributed by atoms with E-state index in [0.29, 0.717) is 17.4 Å². The van der Waals surface area contributed by atoms with Crippen LogP contribution in [0, 0.1) is 5.92 Å². The van der Waals surface area contributed by atoms with Crippen LogP contribution in [-0.2, 0) is 0 Å². The van der Waals surface area contributed by atoms with E-state index in [2.05, 4.69) is 22.2 Å². The van der Waals surface area contributed by atoms with E-state index in [-0.39, 0.29) is 5.28 Å². The molecular weight excluding hydrogens is 285 g/mol. The van der Waals surface area contributed by atoms with Crippen molar-refractivity contribution >= 4 is 29.0 Å². The van der Waals surface area contributed by atoms with E-state index < -0.39 is 5.60 Å². The van der Waals surface area contributed by atoms with E-state index in [0.717, 1.165) is 31.6 Å². The Labute approximate surface area is 123 Å². The molecule has 2 N–H and O–H groups in total. The van der Waals surface area contributed by atoms with Gasteiger partial charge in [-0.2, -0.15) is 4.98 Å². The first kappa shape index (κ1) is 14.8. The highest BCUT2D eigenvalue weighted by molar-refractivity contribution is 6.33. The Bertz CT molecular complexity index is 434. The summed E-state index contributed by atoms with van der Waals surface area (Å²) < 4.78 is 0. The van der Waals surface area contributed by atoms with E-state index in [1.807, 2.05) is 0 Å². The molecule has 0 amide bonds. The molecule has 1 saturated carbocycles. The molecule has 1 heterocycles. The first-order valence-corrected chi connectivity index (χ1v) is 7.42. The summed E-state index contributed by atoms with van der Waals surface area (Å²) in [5.74, 6) is 1.23. The Morgan fingerprint density at radius 3 is 2.74 bits per heavy atom. The van der Waals surface area contributed by atoms with E-state index in [4.69, 9.17) is 23.2 Å². The maximum atomic E-state index is 10.5. The zero-order chi connectivity index (χ0) is 13.9. The number of halogens is 2. The monoisotopic (exact) mass is 303 g/mol. The normalized spacial score (nSPS) is 27.3. The lowest BCUT2D eigenvalue weighted by Gasteiger charge is -2.36. The lowest BCUT2D eigenvalue weighted by Crippen LogP contribution is -2.40. The number of aliphatic hydroxyl groups is 1. The van der Waals surface area contributed by atoms with Crippen molar-refractivity contribution < 1.29 is 5.11 Å². The molecule has 0 unspecified atom stereocenters. The topological polar surface area (TPSA) is 58.0 Å². The fourth-order valence-electron chi connectivity index (χ4n) is 2.52. The van der Waals surface area contributed by atoms with Crippen molar-refractivity contribution in [2.45, 2.75) is 44.6 Å². The second-order valence-corrected chi connectivity index (χ2v) is 6.01. The molecule has 106 valence electrons. The van der Waals surface area contributed by atoms with Gasteiger partial charge >= 0.3 is 0 Å². The van der Waals surface area contributed by atoms with Crippen molar-refractivity contribution in [3.8, 4) is 0 Å². The van der Waals surface area contributed by atoms with Gasteiger partial charge in [0.1, 0.15) is 10.8 Å². The van der Waals surface area contributed by atoms with Gasteiger partial charge in [0.05, 0.1) is 11.8 Å². The van der Waals surface area contributed by atoms with Gasteiger partial charge in [0.2, 0.25) is 5.28 Å². The van der Waals surface area contributed by atoms with E-state index in [1.165, 1.54) is 12.6 Å². The number of anilines is 1. The summed E-state index contributed by atoms with van der Waals surface area (Å²) in [7, 11) is 0. The summed E-state index contributed by atoms with van der Waals surface area (Å²) in [4.78, 5) is 7.81. The third-order valence-electron chi connectivity index (χ3n) is 3.91. The molecule has 0 aliphatic heterocycles. The van der Waals surface area contributed by atoms with Crippen molar-refractivity contribution in [3.05, 3.63) is 16.5 Å². The van der Waals surface area contributed by atoms with Crippen LogP contribution in [0.1, 0.15) is 39.0 Å². The Kier molecular flexibility index (Phi) is 4.87. The molecule has 0 saturated heterocycles. The van der Waals surface area contributed by atoms with Crippen LogP contribution in [0.5, 0.6) is 0 Å². The highest BCUT2D eigenvalue weighted by atomic mass is 35.5. The van der Waals surface area contributed by atoms with E-state index in [9.17, 15) is 5.11 Å². The number of hydrogen-bond donors (Lipinski definition) is 2. The smallest absolute Gasteiger partial charge is 0.224 e. The van der Waals surface area contributed by atoms with E-state index >= 15 is 0 Å². The van der Waals surface area contributed by atoms with Gasteiger partial charge in [-0.25, -0.2) is 4.98 Å². The van der Waals surface area contributed by atoms with E-state index in [1.54, 1.807) is 0 Å². The van der Waals surface area contributed by atoms with Crippen LogP contribution < -0.4 is 5.32 Å². The van der Waals surface area contributed by atoms with Crippen molar-refractivity contribution in [2.24, 2.45) is 5.92 Å². The molecule has 0 atom stereocenters. The Balaban J connectivity index is 1.93. The zero-order valence-electron chi connectivity index (χ0n) is 11.0. The van der Waals surface area contributed by atoms with Crippen molar-refractivity contribution in [1.29, 1.82) is 0 Å². The van der Waals surface area contributed by atoms with Crippen LogP contribution >= 0.6 is 23.2 Å². The van der Waals surface area contributed by atoms with Gasteiger partial charge < -0.3 is 10.4 Å². The summed E-state index contributed by atoms with van der Waals surface area (Å²) in [6.07, 6.45) is 6.43. The van der Waals surface area contributed by atoms with Crippen LogP contribution in [0.3, 0.4) is 0 Å². The summed E-state index contributed by atoms with van der Waals surface area (Å²) in [6.45, 7) is 2.65. The minimum absolute atomic E-state index is 0.147. The number of nitrogens with one attached hydrogen (secondary N) is 1. The zero-order valence-corrected chi connectivity index (χ0v) is 12.5. The van der Waals surface area contributed by atoms with Gasteiger partial charge in [0.15, 0.2) is 0 Å². The second kappa shape index (κ2) is 6.25. The molecule has 4 nitrogen and oxygen atoms in total. The van der Waals surface area contributed by atoms with Gasteiger partial charge in [0.25, 0.3) is 0 Å². The summed E-state index contributed by atoms with van der Waals surface area (Å²) >= 11 is 11.7. The summed E-state index contributed by atoms with van der Waals surface area (Å²) in [5, 5.41) is 14.2. The van der Waals surface area contributed by atoms with Crippen LogP contribution in [-0.4, -0.2) is 27.2 Å². The molecule has 19 heavy (non-hydrogen) atoms. The van der Waals surface area contributed by atoms with Crippen molar-refractivity contribution in [1.82, 2.24) is 9.97 Å². The van der Waals surface area contributed by atoms with Crippen LogP contribution in [0.25, 0.3) is 0 Å². The molecule has 1 aliphatic rings. The standard InChI is InChI=1S/C13H19Cl2N3O/c1-2-9-3-5-13(19,6-4-9)8-17-11-10(14)7-16-12(15)18-11/h7,9,19H,2-6,8H2,1H3,(H,16,17,18). The number of hydrogen-bond acceptors (Lipinski definition) is 4. The molecule has 0 bridgehead atoms. The molecule has 1 aromatic heterocycles. The number of nitrogens with zero attached hydrogens (tertiary/aromatic N) is 2. The maximum absolute atomic E-state index is 10.5. The lowest BCUT2D eigenvalue weighted by atomic mass is 9.78. The molecule has 6 heteroatoms. The van der Waals surface area contributed by atoms with Gasteiger partial charge in [0, 0.05) is 6.54 Å². The highest BCUT2D eigenvalue weighted by Crippen LogP contribution is 2.34. The van der Waals surface area contributed by atoms with Gasteiger partial charge in [-0.1, -0.05) is 24.9 Å². The Morgan fingerprint density at radius 2 is 2.11 bits per heavy atom. The summed E-state index contributed by atoms with van der Waals surface area (Å²) in [6, 6.07) is 0. The molecule has 2 rings (SSSR count). The minimum atomic E-state index is -0.674. The number of aromatic nitrogens is 2. The van der Waals surface area contributed by atoms with Gasteiger partial charge in [-0.05, 0) is 43.2 Å². The predicted molar refractivity (Wildman–Crippen MR) is 77.7 cm³/mol. The van der Waals surface area contributed by atoms with Gasteiger partial charge in [-0.15, -0.1) is 0 Å². The largest absolute Gasteiger partial charge is 0.388 e. The molecule has 0 spiro atoms. The molecule has 0 radical (unpaired) electrons. The first-order chi connectivity index (χ1) is 9.02. The first-order valence-electron chi connectivity index (χ1n) is 6.67. The molecule has 1 fully saturated rings. The minimum Gasteiger partial charge on any atom is -0.388 e. The quantitative estimate of drug-likeness (QED) is 0.836. The lowest BCUT2D eigenvalue weighted by molar-refractivity contribution is 0.00223. The second-order valence-electron chi connectivity index (χ2n) is 5.27. The van der Waals surface area contributed by atoms with Crippen molar-refractivity contribution in [2.75, 3.05) is 11.9 Å². The molecular formula is C13H19Cl2N3O. The fourth-order valence-corrected chi connectivity index (χ4v) is 2.81. The van der Waals surface area contributed by atoms with Crippen LogP contribution in [0.4, 0.5) is 5.82 Å². The average Bonchev–Trinajstić information content (AvgIpc) is 2.41. The van der Waals surface area contributed by atoms with Crippen LogP contribution in [0.15, 0.2) is 6.20 Å². The van der Waals surface area contributed by atoms with Crippen molar-refractivity contribution in [3.63, 3.8) is 0 Å². The molecule has 1 aliphatic carbocycles. The molecule has 1 aromatic rings. The Morgan fingerprint density at radius 1 is 1.42 bits per heavy atom. The Hall–Kier alpha value is -0.580. The summed E-state index contributed by atoms with van der Waals surface area (Å²) in [5.41, 5.74) is -0.674. The average molecular weight is 304 g/mol. The maximum Gasteiger partial charge on any atom is 0.224 e. The van der Waals surface area contributed by atoms with Gasteiger partial charge in [-0.3, -0.25) is 0 Å². The number of rotatable bonds is 4. The molecule has 0 aromatic carbocycles. The highest BCUT2D eigenvalue weighted by Gasteiger charge is 2.32. The predicted octanol–water partition coefficient (Wildman–Crippen LogP) is 3.53. The SMILES string of the molecule is CCC1CCC(O)(CNc2nc(Cl)ncc2Cl)CC1. The third kappa shape index (κ3) is 3.94. The third-order valence-corrected chi connectivity index (χ3v) is 4.37. The van der Waals surface area contributed by atoms with Crippen LogP contribution in [0.2, 0.25) is 10.3 Å². The fraction of sp³-hybridized carbons (Fsp3) is 0.692.